The summed E-state index contributed by atoms with van der Waals surface area (Å²) in [5.74, 6) is 4.73. The van der Waals surface area contributed by atoms with Gasteiger partial charge < -0.3 is 5.32 Å². The van der Waals surface area contributed by atoms with Crippen LogP contribution in [-0.2, 0) is 0 Å². The molecule has 21 heavy (non-hydrogen) atoms. The van der Waals surface area contributed by atoms with Gasteiger partial charge in [-0.05, 0) is 75.3 Å². The predicted octanol–water partition coefficient (Wildman–Crippen LogP) is 2.29. The standard InChI is InChI=1S/C18H33N3/c1-11(2)10-21-12(3)20-17-6-14-4-13-5-15(9-19-8-13)16(14)7-18(17)21/h11-20H,4-10H2,1-3H3. The summed E-state index contributed by atoms with van der Waals surface area (Å²) in [6.07, 6.45) is 6.50. The molecule has 4 aliphatic rings. The van der Waals surface area contributed by atoms with Gasteiger partial charge in [0.25, 0.3) is 0 Å². The minimum Gasteiger partial charge on any atom is -0.316 e. The summed E-state index contributed by atoms with van der Waals surface area (Å²) in [7, 11) is 0. The van der Waals surface area contributed by atoms with Gasteiger partial charge in [0.05, 0.1) is 6.17 Å². The first-order chi connectivity index (χ1) is 10.1. The van der Waals surface area contributed by atoms with Gasteiger partial charge >= 0.3 is 0 Å². The van der Waals surface area contributed by atoms with E-state index in [0.717, 1.165) is 41.7 Å². The molecule has 0 radical (unpaired) electrons. The molecule has 0 spiro atoms. The Bertz CT molecular complexity index is 383. The summed E-state index contributed by atoms with van der Waals surface area (Å²) in [4.78, 5) is 2.79. The Hall–Kier alpha value is -0.120. The fourth-order valence-corrected chi connectivity index (χ4v) is 6.10. The van der Waals surface area contributed by atoms with Crippen molar-refractivity contribution in [2.24, 2.45) is 29.6 Å². The zero-order valence-corrected chi connectivity index (χ0v) is 14.0. The molecule has 0 aromatic carbocycles. The van der Waals surface area contributed by atoms with Crippen molar-refractivity contribution >= 4 is 0 Å². The Morgan fingerprint density at radius 2 is 1.86 bits per heavy atom. The second kappa shape index (κ2) is 5.50. The molecule has 0 aromatic rings. The van der Waals surface area contributed by atoms with Crippen LogP contribution in [0.4, 0.5) is 0 Å². The first kappa shape index (κ1) is 14.5. The summed E-state index contributed by atoms with van der Waals surface area (Å²) < 4.78 is 0. The molecular formula is C18H33N3. The van der Waals surface area contributed by atoms with Gasteiger partial charge in [-0.2, -0.15) is 0 Å². The maximum absolute atomic E-state index is 3.92. The van der Waals surface area contributed by atoms with Crippen molar-refractivity contribution in [3.8, 4) is 0 Å². The highest BCUT2D eigenvalue weighted by Gasteiger charge is 2.50. The van der Waals surface area contributed by atoms with Crippen LogP contribution in [0, 0.1) is 29.6 Å². The molecule has 2 saturated heterocycles. The lowest BCUT2D eigenvalue weighted by atomic mass is 9.59. The maximum Gasteiger partial charge on any atom is 0.0573 e. The number of rotatable bonds is 2. The van der Waals surface area contributed by atoms with E-state index in [9.17, 15) is 0 Å². The molecule has 7 unspecified atom stereocenters. The molecule has 4 rings (SSSR count). The third-order valence-corrected chi connectivity index (χ3v) is 6.81. The lowest BCUT2D eigenvalue weighted by Crippen LogP contribution is -2.54. The van der Waals surface area contributed by atoms with E-state index in [1.54, 1.807) is 0 Å². The van der Waals surface area contributed by atoms with Crippen molar-refractivity contribution in [1.82, 2.24) is 15.5 Å². The molecule has 2 N–H and O–H groups in total. The van der Waals surface area contributed by atoms with E-state index in [-0.39, 0.29) is 0 Å². The number of nitrogens with zero attached hydrogens (tertiary/aromatic N) is 1. The van der Waals surface area contributed by atoms with Crippen molar-refractivity contribution in [2.45, 2.75) is 64.7 Å². The summed E-state index contributed by atoms with van der Waals surface area (Å²) in [5, 5.41) is 7.62. The first-order valence-electron chi connectivity index (χ1n) is 9.34. The van der Waals surface area contributed by atoms with Crippen LogP contribution >= 0.6 is 0 Å². The smallest absolute Gasteiger partial charge is 0.0573 e. The van der Waals surface area contributed by atoms with E-state index in [1.807, 2.05) is 0 Å². The lowest BCUT2D eigenvalue weighted by molar-refractivity contribution is 0.00939. The van der Waals surface area contributed by atoms with Gasteiger partial charge in [0.15, 0.2) is 0 Å². The molecule has 2 aliphatic heterocycles. The number of piperidine rings is 1. The number of fused-ring (bicyclic) bond motifs is 5. The van der Waals surface area contributed by atoms with Crippen molar-refractivity contribution in [2.75, 3.05) is 19.6 Å². The van der Waals surface area contributed by atoms with Gasteiger partial charge in [-0.15, -0.1) is 0 Å². The monoisotopic (exact) mass is 291 g/mol. The van der Waals surface area contributed by atoms with Crippen molar-refractivity contribution < 1.29 is 0 Å². The summed E-state index contributed by atoms with van der Waals surface area (Å²) >= 11 is 0. The number of hydrogen-bond acceptors (Lipinski definition) is 3. The zero-order chi connectivity index (χ0) is 14.6. The Labute approximate surface area is 130 Å². The van der Waals surface area contributed by atoms with Crippen molar-refractivity contribution in [3.05, 3.63) is 0 Å². The van der Waals surface area contributed by atoms with E-state index in [0.29, 0.717) is 6.17 Å². The molecule has 3 nitrogen and oxygen atoms in total. The molecule has 2 bridgehead atoms. The Balaban J connectivity index is 1.51. The Morgan fingerprint density at radius 3 is 2.67 bits per heavy atom. The highest BCUT2D eigenvalue weighted by atomic mass is 15.4. The van der Waals surface area contributed by atoms with Gasteiger partial charge in [-0.3, -0.25) is 10.2 Å². The second-order valence-corrected chi connectivity index (χ2v) is 8.76. The molecule has 0 amide bonds. The minimum absolute atomic E-state index is 0.583. The normalized spacial score (nSPS) is 50.0. The van der Waals surface area contributed by atoms with Crippen LogP contribution in [-0.4, -0.2) is 42.8 Å². The van der Waals surface area contributed by atoms with Crippen LogP contribution in [0.5, 0.6) is 0 Å². The second-order valence-electron chi connectivity index (χ2n) is 8.76. The average molecular weight is 291 g/mol. The minimum atomic E-state index is 0.583. The fraction of sp³-hybridized carbons (Fsp3) is 1.00. The van der Waals surface area contributed by atoms with Gasteiger partial charge in [-0.25, -0.2) is 0 Å². The van der Waals surface area contributed by atoms with E-state index in [1.165, 1.54) is 45.3 Å². The van der Waals surface area contributed by atoms with E-state index < -0.39 is 0 Å². The van der Waals surface area contributed by atoms with E-state index >= 15 is 0 Å². The molecule has 4 fully saturated rings. The van der Waals surface area contributed by atoms with Gasteiger partial charge in [0.2, 0.25) is 0 Å². The molecule has 7 atom stereocenters. The van der Waals surface area contributed by atoms with E-state index in [4.69, 9.17) is 0 Å². The predicted molar refractivity (Wildman–Crippen MR) is 87.0 cm³/mol. The van der Waals surface area contributed by atoms with Gasteiger partial charge in [0.1, 0.15) is 0 Å². The fourth-order valence-electron chi connectivity index (χ4n) is 6.10. The van der Waals surface area contributed by atoms with Crippen LogP contribution in [0.2, 0.25) is 0 Å². The third-order valence-electron chi connectivity index (χ3n) is 6.81. The third kappa shape index (κ3) is 2.55. The lowest BCUT2D eigenvalue weighted by Gasteiger charge is -2.51. The molecular weight excluding hydrogens is 258 g/mol. The summed E-state index contributed by atoms with van der Waals surface area (Å²) in [6.45, 7) is 11.0. The average Bonchev–Trinajstić information content (AvgIpc) is 2.72. The molecule has 3 heteroatoms. The van der Waals surface area contributed by atoms with Crippen LogP contribution in [0.3, 0.4) is 0 Å². The molecule has 2 aliphatic carbocycles. The van der Waals surface area contributed by atoms with Gasteiger partial charge in [-0.1, -0.05) is 13.8 Å². The highest BCUT2D eigenvalue weighted by Crippen LogP contribution is 2.49. The summed E-state index contributed by atoms with van der Waals surface area (Å²) in [6, 6.07) is 1.58. The zero-order valence-electron chi connectivity index (χ0n) is 14.0. The first-order valence-corrected chi connectivity index (χ1v) is 9.34. The highest BCUT2D eigenvalue weighted by molar-refractivity contribution is 5.05. The van der Waals surface area contributed by atoms with Crippen molar-refractivity contribution in [3.63, 3.8) is 0 Å². The maximum atomic E-state index is 3.92. The molecule has 0 aromatic heterocycles. The largest absolute Gasteiger partial charge is 0.316 e. The number of nitrogens with one attached hydrogen (secondary N) is 2. The quantitative estimate of drug-likeness (QED) is 0.817. The van der Waals surface area contributed by atoms with Crippen molar-refractivity contribution in [1.29, 1.82) is 0 Å². The SMILES string of the molecule is CC(C)CN1C(C)NC2CC3CC4CNCC(C4)C3CC21. The molecule has 2 heterocycles. The van der Waals surface area contributed by atoms with Gasteiger partial charge in [0, 0.05) is 18.6 Å². The van der Waals surface area contributed by atoms with Crippen LogP contribution in [0.1, 0.15) is 46.5 Å². The molecule has 120 valence electrons. The van der Waals surface area contributed by atoms with E-state index in [2.05, 4.69) is 36.3 Å². The molecule has 2 saturated carbocycles. The van der Waals surface area contributed by atoms with Crippen LogP contribution < -0.4 is 10.6 Å². The Kier molecular flexibility index (Phi) is 3.79. The van der Waals surface area contributed by atoms with Crippen LogP contribution in [0.15, 0.2) is 0 Å². The Morgan fingerprint density at radius 1 is 1.05 bits per heavy atom. The van der Waals surface area contributed by atoms with Crippen LogP contribution in [0.25, 0.3) is 0 Å². The topological polar surface area (TPSA) is 27.3 Å². The summed E-state index contributed by atoms with van der Waals surface area (Å²) in [5.41, 5.74) is 0. The number of hydrogen-bond donors (Lipinski definition) is 2.